The molecule has 0 aromatic carbocycles. The molecule has 0 amide bonds. The molecule has 4 rings (SSSR count). The summed E-state index contributed by atoms with van der Waals surface area (Å²) in [5.74, 6) is 2.34. The Kier molecular flexibility index (Phi) is 4.86. The van der Waals surface area contributed by atoms with E-state index in [1.807, 2.05) is 0 Å². The van der Waals surface area contributed by atoms with Crippen LogP contribution in [-0.4, -0.2) is 31.2 Å². The number of ether oxygens (including phenoxy) is 2. The highest BCUT2D eigenvalue weighted by Gasteiger charge is 2.58. The fraction of sp³-hybridized carbons (Fsp3) is 0.826. The molecule has 0 aliphatic heterocycles. The Morgan fingerprint density at radius 1 is 1.19 bits per heavy atom. The number of hydrogen-bond acceptors (Lipinski definition) is 3. The number of methoxy groups -OCH3 is 2. The van der Waals surface area contributed by atoms with Crippen molar-refractivity contribution in [2.24, 2.45) is 29.1 Å². The Labute approximate surface area is 158 Å². The number of aliphatic hydroxyl groups is 1. The van der Waals surface area contributed by atoms with Gasteiger partial charge in [0.15, 0.2) is 5.79 Å². The Bertz CT molecular complexity index is 590. The second kappa shape index (κ2) is 6.76. The summed E-state index contributed by atoms with van der Waals surface area (Å²) in [7, 11) is 3.57. The maximum absolute atomic E-state index is 10.8. The van der Waals surface area contributed by atoms with E-state index in [1.54, 1.807) is 25.4 Å². The van der Waals surface area contributed by atoms with Gasteiger partial charge in [-0.1, -0.05) is 24.1 Å². The van der Waals surface area contributed by atoms with E-state index in [-0.39, 0.29) is 11.5 Å². The third-order valence-electron chi connectivity index (χ3n) is 8.65. The van der Waals surface area contributed by atoms with E-state index in [0.29, 0.717) is 17.8 Å². The molecule has 0 aromatic heterocycles. The third kappa shape index (κ3) is 2.65. The van der Waals surface area contributed by atoms with Crippen LogP contribution in [0.4, 0.5) is 0 Å². The van der Waals surface area contributed by atoms with Crippen molar-refractivity contribution in [2.45, 2.75) is 76.6 Å². The van der Waals surface area contributed by atoms with Gasteiger partial charge in [0, 0.05) is 27.1 Å². The van der Waals surface area contributed by atoms with Crippen molar-refractivity contribution in [3.05, 3.63) is 23.8 Å². The molecular weight excluding hydrogens is 324 g/mol. The number of hydrogen-bond donors (Lipinski definition) is 1. The van der Waals surface area contributed by atoms with Crippen LogP contribution < -0.4 is 0 Å². The average Bonchev–Trinajstić information content (AvgIpc) is 2.95. The summed E-state index contributed by atoms with van der Waals surface area (Å²) in [5, 5.41) is 10.8. The topological polar surface area (TPSA) is 38.7 Å². The molecule has 2 fully saturated rings. The van der Waals surface area contributed by atoms with Gasteiger partial charge in [-0.25, -0.2) is 0 Å². The molecule has 4 aliphatic rings. The van der Waals surface area contributed by atoms with Gasteiger partial charge in [-0.3, -0.25) is 0 Å². The minimum Gasteiger partial charge on any atom is -0.393 e. The summed E-state index contributed by atoms with van der Waals surface area (Å²) in [6.07, 6.45) is 11.9. The van der Waals surface area contributed by atoms with Gasteiger partial charge in [0.25, 0.3) is 0 Å². The highest BCUT2D eigenvalue weighted by molar-refractivity contribution is 5.29. The predicted molar refractivity (Wildman–Crippen MR) is 104 cm³/mol. The largest absolute Gasteiger partial charge is 0.393 e. The van der Waals surface area contributed by atoms with Crippen molar-refractivity contribution >= 4 is 0 Å². The minimum absolute atomic E-state index is 0.114. The number of allylic oxidation sites excluding steroid dienone is 2. The zero-order valence-electron chi connectivity index (χ0n) is 16.8. The maximum atomic E-state index is 10.8. The molecule has 4 aliphatic carbocycles. The molecule has 0 heterocycles. The van der Waals surface area contributed by atoms with E-state index in [0.717, 1.165) is 44.4 Å². The molecule has 2 saturated carbocycles. The van der Waals surface area contributed by atoms with E-state index in [9.17, 15) is 5.11 Å². The smallest absolute Gasteiger partial charge is 0.171 e. The molecular formula is C23H36O3. The van der Waals surface area contributed by atoms with Gasteiger partial charge >= 0.3 is 0 Å². The Morgan fingerprint density at radius 3 is 2.65 bits per heavy atom. The third-order valence-corrected chi connectivity index (χ3v) is 8.65. The quantitative estimate of drug-likeness (QED) is 0.575. The van der Waals surface area contributed by atoms with Crippen LogP contribution in [0.1, 0.15) is 64.7 Å². The van der Waals surface area contributed by atoms with Gasteiger partial charge in [-0.05, 0) is 74.0 Å². The molecule has 3 heteroatoms. The lowest BCUT2D eigenvalue weighted by molar-refractivity contribution is -0.213. The Hall–Kier alpha value is -0.640. The summed E-state index contributed by atoms with van der Waals surface area (Å²) in [4.78, 5) is 0. The lowest BCUT2D eigenvalue weighted by atomic mass is 9.50. The first kappa shape index (κ1) is 18.7. The summed E-state index contributed by atoms with van der Waals surface area (Å²) < 4.78 is 11.6. The first-order valence-electron chi connectivity index (χ1n) is 10.6. The van der Waals surface area contributed by atoms with Crippen LogP contribution in [0.3, 0.4) is 0 Å². The van der Waals surface area contributed by atoms with E-state index >= 15 is 0 Å². The van der Waals surface area contributed by atoms with E-state index < -0.39 is 5.79 Å². The maximum Gasteiger partial charge on any atom is 0.171 e. The van der Waals surface area contributed by atoms with Crippen LogP contribution in [0.25, 0.3) is 0 Å². The van der Waals surface area contributed by atoms with Crippen molar-refractivity contribution < 1.29 is 14.6 Å². The molecule has 0 spiro atoms. The van der Waals surface area contributed by atoms with Crippen LogP contribution in [0.15, 0.2) is 23.8 Å². The van der Waals surface area contributed by atoms with E-state index in [1.165, 1.54) is 19.3 Å². The second-order valence-electron chi connectivity index (χ2n) is 9.55. The van der Waals surface area contributed by atoms with E-state index in [4.69, 9.17) is 9.47 Å². The predicted octanol–water partition coefficient (Wildman–Crippen LogP) is 4.86. The number of aliphatic hydroxyl groups excluding tert-OH is 1. The number of fused-ring (bicyclic) bond motifs is 4. The first-order valence-corrected chi connectivity index (χ1v) is 10.6. The average molecular weight is 361 g/mol. The monoisotopic (exact) mass is 360 g/mol. The van der Waals surface area contributed by atoms with Crippen molar-refractivity contribution in [1.82, 2.24) is 0 Å². The number of rotatable bonds is 4. The van der Waals surface area contributed by atoms with Crippen molar-refractivity contribution in [2.75, 3.05) is 14.2 Å². The second-order valence-corrected chi connectivity index (χ2v) is 9.55. The molecule has 6 atom stereocenters. The highest BCUT2D eigenvalue weighted by atomic mass is 16.7. The van der Waals surface area contributed by atoms with Crippen molar-refractivity contribution in [3.63, 3.8) is 0 Å². The van der Waals surface area contributed by atoms with Gasteiger partial charge in [0.2, 0.25) is 0 Å². The molecule has 1 N–H and O–H groups in total. The fourth-order valence-electron chi connectivity index (χ4n) is 7.35. The zero-order valence-corrected chi connectivity index (χ0v) is 16.8. The first-order chi connectivity index (χ1) is 12.5. The molecule has 146 valence electrons. The molecule has 0 saturated heterocycles. The Morgan fingerprint density at radius 2 is 1.96 bits per heavy atom. The summed E-state index contributed by atoms with van der Waals surface area (Å²) in [6, 6.07) is 0. The SMILES string of the molecule is C=CC[C@H]1C[C@@]2(C)C(CC[C@@H]2O)C2CCC3=C(CCC(OC)(OC)C3)C21. The zero-order chi connectivity index (χ0) is 18.5. The summed E-state index contributed by atoms with van der Waals surface area (Å²) in [5.41, 5.74) is 3.45. The van der Waals surface area contributed by atoms with Gasteiger partial charge < -0.3 is 14.6 Å². The summed E-state index contributed by atoms with van der Waals surface area (Å²) in [6.45, 7) is 6.42. The molecule has 3 unspecified atom stereocenters. The van der Waals surface area contributed by atoms with E-state index in [2.05, 4.69) is 19.6 Å². The molecule has 3 nitrogen and oxygen atoms in total. The normalized spacial score (nSPS) is 44.2. The van der Waals surface area contributed by atoms with Crippen LogP contribution in [0, 0.1) is 29.1 Å². The van der Waals surface area contributed by atoms with Crippen molar-refractivity contribution in [1.29, 1.82) is 0 Å². The lowest BCUT2D eigenvalue weighted by Gasteiger charge is -2.55. The molecule has 0 aromatic rings. The van der Waals surface area contributed by atoms with Gasteiger partial charge in [0.1, 0.15) is 0 Å². The highest BCUT2D eigenvalue weighted by Crippen LogP contribution is 2.64. The van der Waals surface area contributed by atoms with Crippen LogP contribution >= 0.6 is 0 Å². The Balaban J connectivity index is 1.69. The summed E-state index contributed by atoms with van der Waals surface area (Å²) >= 11 is 0. The van der Waals surface area contributed by atoms with Crippen LogP contribution in [0.5, 0.6) is 0 Å². The van der Waals surface area contributed by atoms with Gasteiger partial charge in [-0.15, -0.1) is 6.58 Å². The van der Waals surface area contributed by atoms with Crippen LogP contribution in [-0.2, 0) is 9.47 Å². The lowest BCUT2D eigenvalue weighted by Crippen LogP contribution is -2.50. The van der Waals surface area contributed by atoms with Gasteiger partial charge in [0.05, 0.1) is 6.10 Å². The fourth-order valence-corrected chi connectivity index (χ4v) is 7.35. The van der Waals surface area contributed by atoms with Gasteiger partial charge in [-0.2, -0.15) is 0 Å². The minimum atomic E-state index is -0.410. The molecule has 0 radical (unpaired) electrons. The molecule has 0 bridgehead atoms. The van der Waals surface area contributed by atoms with Crippen LogP contribution in [0.2, 0.25) is 0 Å². The standard InChI is InChI=1S/C23H36O3/c1-5-6-16-13-22(2)19(9-10-20(22)24)18-8-7-15-14-23(25-3,26-4)12-11-17(15)21(16)18/h5,16,18-21,24H,1,6-14H2,2-4H3/t16-,18?,19?,20-,21?,22-/m0/s1. The molecule has 26 heavy (non-hydrogen) atoms. The van der Waals surface area contributed by atoms with Crippen molar-refractivity contribution in [3.8, 4) is 0 Å².